The van der Waals surface area contributed by atoms with Crippen molar-refractivity contribution in [3.8, 4) is 17.1 Å². The van der Waals surface area contributed by atoms with E-state index in [4.69, 9.17) is 11.0 Å². The van der Waals surface area contributed by atoms with Gasteiger partial charge in [-0.25, -0.2) is 4.57 Å². The van der Waals surface area contributed by atoms with E-state index in [0.29, 0.717) is 17.4 Å². The van der Waals surface area contributed by atoms with Crippen molar-refractivity contribution in [1.82, 2.24) is 9.55 Å². The van der Waals surface area contributed by atoms with Gasteiger partial charge in [0.1, 0.15) is 5.69 Å². The van der Waals surface area contributed by atoms with Gasteiger partial charge in [-0.1, -0.05) is 81.7 Å². The van der Waals surface area contributed by atoms with E-state index in [-0.39, 0.29) is 6.01 Å². The Balaban J connectivity index is 1.64. The lowest BCUT2D eigenvalue weighted by atomic mass is 9.92. The third-order valence-corrected chi connectivity index (χ3v) is 9.43. The molecule has 0 N–H and O–H groups in total. The van der Waals surface area contributed by atoms with E-state index in [1.165, 1.54) is 54.9 Å². The Labute approximate surface area is 243 Å². The monoisotopic (exact) mass is 555 g/mol. The summed E-state index contributed by atoms with van der Waals surface area (Å²) in [6.07, 6.45) is 0. The van der Waals surface area contributed by atoms with Gasteiger partial charge in [0.25, 0.3) is 5.82 Å². The third-order valence-electron chi connectivity index (χ3n) is 8.25. The molecule has 0 fully saturated rings. The molecule has 0 spiro atoms. The second-order valence-corrected chi connectivity index (χ2v) is 12.5. The molecule has 202 valence electrons. The first-order valence-corrected chi connectivity index (χ1v) is 14.9. The van der Waals surface area contributed by atoms with Crippen LogP contribution in [0.1, 0.15) is 56.2 Å². The zero-order chi connectivity index (χ0) is 28.6. The van der Waals surface area contributed by atoms with Gasteiger partial charge in [0.15, 0.2) is 22.1 Å². The molecule has 7 rings (SSSR count). The molecule has 0 aliphatic heterocycles. The topological polar surface area (TPSA) is 39.2 Å². The first kappa shape index (κ1) is 25.5. The summed E-state index contributed by atoms with van der Waals surface area (Å²) < 4.78 is 13.0. The maximum atomic E-state index is 7.31. The molecule has 0 atom stereocenters. The number of rotatable bonds is 4. The van der Waals surface area contributed by atoms with Gasteiger partial charge in [0.2, 0.25) is 0 Å². The summed E-state index contributed by atoms with van der Waals surface area (Å²) in [4.78, 5) is 7.76. The molecule has 0 saturated heterocycles. The highest BCUT2D eigenvalue weighted by molar-refractivity contribution is 7.26. The third kappa shape index (κ3) is 3.73. The van der Waals surface area contributed by atoms with Crippen LogP contribution in [0, 0.1) is 13.5 Å². The molecule has 5 nitrogen and oxygen atoms in total. The molecule has 0 saturated carbocycles. The molecule has 0 radical (unpaired) electrons. The van der Waals surface area contributed by atoms with E-state index >= 15 is 0 Å². The zero-order valence-electron chi connectivity index (χ0n) is 24.1. The van der Waals surface area contributed by atoms with Crippen LogP contribution in [0.4, 0.5) is 6.01 Å². The van der Waals surface area contributed by atoms with Gasteiger partial charge in [-0.2, -0.15) is 4.57 Å². The first-order valence-electron chi connectivity index (χ1n) is 14.0. The average Bonchev–Trinajstić information content (AvgIpc) is 3.62. The number of thiophene rings is 1. The van der Waals surface area contributed by atoms with Crippen molar-refractivity contribution in [2.45, 2.75) is 46.5 Å². The molecule has 4 aromatic carbocycles. The number of hydrogen-bond acceptors (Lipinski definition) is 3. The lowest BCUT2D eigenvalue weighted by Gasteiger charge is -2.18. The maximum absolute atomic E-state index is 7.31. The van der Waals surface area contributed by atoms with Crippen LogP contribution in [0.25, 0.3) is 64.2 Å². The Hall–Kier alpha value is -4.47. The van der Waals surface area contributed by atoms with Gasteiger partial charge in [-0.15, -0.1) is 11.3 Å². The summed E-state index contributed by atoms with van der Waals surface area (Å²) in [6.45, 7) is 18.7. The Morgan fingerprint density at radius 3 is 2.37 bits per heavy atom. The number of fused-ring (bicyclic) bond motifs is 5. The van der Waals surface area contributed by atoms with Gasteiger partial charge in [-0.3, -0.25) is 0 Å². The molecule has 0 aliphatic carbocycles. The Kier molecular flexibility index (Phi) is 5.78. The van der Waals surface area contributed by atoms with Crippen LogP contribution in [-0.4, -0.2) is 9.55 Å². The molecule has 6 heteroatoms. The summed E-state index contributed by atoms with van der Waals surface area (Å²) in [5.74, 6) is 1.91. The van der Waals surface area contributed by atoms with Crippen molar-refractivity contribution in [3.05, 3.63) is 94.8 Å². The van der Waals surface area contributed by atoms with Crippen molar-refractivity contribution in [2.24, 2.45) is 7.05 Å². The largest absolute Gasteiger partial charge is 0.460 e. The van der Waals surface area contributed by atoms with Crippen LogP contribution in [0.5, 0.6) is 0 Å². The molecule has 0 amide bonds. The molecule has 41 heavy (non-hydrogen) atoms. The minimum absolute atomic E-state index is 0.0832. The number of para-hydroxylation sites is 3. The molecule has 0 bridgehead atoms. The van der Waals surface area contributed by atoms with Crippen LogP contribution < -0.4 is 4.57 Å². The fourth-order valence-corrected chi connectivity index (χ4v) is 7.57. The van der Waals surface area contributed by atoms with E-state index in [2.05, 4.69) is 121 Å². The van der Waals surface area contributed by atoms with Gasteiger partial charge in [0, 0.05) is 32.7 Å². The fraction of sp³-hybridized carbons (Fsp3) is 0.229. The average molecular weight is 556 g/mol. The number of hydrogen-bond donors (Lipinski definition) is 0. The minimum Gasteiger partial charge on any atom is -0.460 e. The molecule has 7 aromatic rings. The standard InChI is InChI=1S/C35H31N4OS/c1-19(2)22-11-10-12-23(20(3)4)32(22)39-28-14-9-8-13-27(28)38(7)34(39)31-21(5)15-16-24-25-17-29-26(37-35(36-6)40-29)18-30(25)41-33(24)31/h8-20H,1-5,7H3/q+1. The van der Waals surface area contributed by atoms with Crippen LogP contribution >= 0.6 is 11.3 Å². The SMILES string of the molecule is [C-]#[N+]c1nc2cc3sc4c(-c5n(-c6c(C(C)C)cccc6C(C)C)c6ccccc6[n+]5C)c(C)ccc4c3cc2o1. The minimum atomic E-state index is 0.0832. The van der Waals surface area contributed by atoms with Crippen molar-refractivity contribution >= 4 is 59.7 Å². The Bertz CT molecular complexity index is 2180. The Morgan fingerprint density at radius 2 is 1.66 bits per heavy atom. The second-order valence-electron chi connectivity index (χ2n) is 11.5. The summed E-state index contributed by atoms with van der Waals surface area (Å²) in [5, 5.41) is 2.31. The van der Waals surface area contributed by atoms with E-state index < -0.39 is 0 Å². The first-order chi connectivity index (χ1) is 19.8. The molecule has 0 aliphatic rings. The van der Waals surface area contributed by atoms with Crippen LogP contribution in [-0.2, 0) is 7.05 Å². The normalized spacial score (nSPS) is 12.1. The van der Waals surface area contributed by atoms with Crippen LogP contribution in [0.15, 0.2) is 71.1 Å². The number of benzene rings is 4. The second kappa shape index (κ2) is 9.29. The summed E-state index contributed by atoms with van der Waals surface area (Å²) >= 11 is 1.79. The summed E-state index contributed by atoms with van der Waals surface area (Å²) in [7, 11) is 2.19. The highest BCUT2D eigenvalue weighted by Gasteiger charge is 2.33. The fourth-order valence-electron chi connectivity index (χ4n) is 6.26. The van der Waals surface area contributed by atoms with Crippen molar-refractivity contribution in [3.63, 3.8) is 0 Å². The van der Waals surface area contributed by atoms with E-state index in [1.807, 2.05) is 6.07 Å². The number of oxazole rings is 1. The van der Waals surface area contributed by atoms with E-state index in [9.17, 15) is 0 Å². The van der Waals surface area contributed by atoms with Crippen LogP contribution in [0.2, 0.25) is 0 Å². The molecular formula is C35H31N4OS+. The van der Waals surface area contributed by atoms with Gasteiger partial charge < -0.3 is 9.26 Å². The highest BCUT2D eigenvalue weighted by atomic mass is 32.1. The number of aromatic nitrogens is 3. The Morgan fingerprint density at radius 1 is 0.927 bits per heavy atom. The predicted molar refractivity (Wildman–Crippen MR) is 170 cm³/mol. The van der Waals surface area contributed by atoms with Crippen LogP contribution in [0.3, 0.4) is 0 Å². The zero-order valence-corrected chi connectivity index (χ0v) is 24.9. The van der Waals surface area contributed by atoms with E-state index in [0.717, 1.165) is 15.6 Å². The molecule has 3 heterocycles. The molecular weight excluding hydrogens is 524 g/mol. The van der Waals surface area contributed by atoms with Crippen molar-refractivity contribution in [1.29, 1.82) is 0 Å². The van der Waals surface area contributed by atoms with Gasteiger partial charge in [0.05, 0.1) is 17.3 Å². The van der Waals surface area contributed by atoms with Gasteiger partial charge >= 0.3 is 6.01 Å². The number of imidazole rings is 1. The summed E-state index contributed by atoms with van der Waals surface area (Å²) in [5.41, 5.74) is 10.2. The highest BCUT2D eigenvalue weighted by Crippen LogP contribution is 2.45. The predicted octanol–water partition coefficient (Wildman–Crippen LogP) is 9.74. The lowest BCUT2D eigenvalue weighted by molar-refractivity contribution is -0.633. The quantitative estimate of drug-likeness (QED) is 0.160. The maximum Gasteiger partial charge on any atom is 0.450 e. The van der Waals surface area contributed by atoms with Gasteiger partial charge in [-0.05, 0) is 42.5 Å². The van der Waals surface area contributed by atoms with Crippen molar-refractivity contribution in [2.75, 3.05) is 0 Å². The van der Waals surface area contributed by atoms with Crippen molar-refractivity contribution < 1.29 is 8.98 Å². The molecule has 3 aromatic heterocycles. The number of nitrogens with zero attached hydrogens (tertiary/aromatic N) is 4. The molecule has 0 unspecified atom stereocenters. The smallest absolute Gasteiger partial charge is 0.450 e. The summed E-state index contributed by atoms with van der Waals surface area (Å²) in [6, 6.07) is 24.2. The van der Waals surface area contributed by atoms with E-state index in [1.54, 1.807) is 11.3 Å². The lowest BCUT2D eigenvalue weighted by Crippen LogP contribution is -2.30. The number of aryl methyl sites for hydroxylation is 2.